The van der Waals surface area contributed by atoms with E-state index in [2.05, 4.69) is 5.10 Å². The molecule has 0 aliphatic heterocycles. The molecule has 0 atom stereocenters. The lowest BCUT2D eigenvalue weighted by molar-refractivity contribution is 0.0966. The van der Waals surface area contributed by atoms with Gasteiger partial charge >= 0.3 is 0 Å². The number of hydrogen-bond acceptors (Lipinski definition) is 4. The Hall–Kier alpha value is -3.73. The van der Waals surface area contributed by atoms with E-state index in [0.717, 1.165) is 16.7 Å². The highest BCUT2D eigenvalue weighted by Crippen LogP contribution is 2.26. The van der Waals surface area contributed by atoms with Crippen LogP contribution in [0.15, 0.2) is 83.7 Å². The maximum atomic E-state index is 12.9. The van der Waals surface area contributed by atoms with Crippen LogP contribution in [-0.4, -0.2) is 22.7 Å². The highest BCUT2D eigenvalue weighted by molar-refractivity contribution is 5.97. The molecule has 3 aromatic carbocycles. The Labute approximate surface area is 161 Å². The number of aromatic nitrogens is 2. The summed E-state index contributed by atoms with van der Waals surface area (Å²) in [5, 5.41) is 5.82. The van der Waals surface area contributed by atoms with Crippen LogP contribution in [0.4, 0.5) is 0 Å². The Morgan fingerprint density at radius 3 is 2.21 bits per heavy atom. The zero-order chi connectivity index (χ0) is 19.5. The number of benzene rings is 3. The molecule has 0 fully saturated rings. The molecule has 4 aromatic rings. The van der Waals surface area contributed by atoms with Gasteiger partial charge in [-0.3, -0.25) is 9.59 Å². The predicted octanol–water partition coefficient (Wildman–Crippen LogP) is 3.96. The first-order valence-corrected chi connectivity index (χ1v) is 8.90. The van der Waals surface area contributed by atoms with Gasteiger partial charge in [0.2, 0.25) is 0 Å². The fourth-order valence-corrected chi connectivity index (χ4v) is 3.16. The van der Waals surface area contributed by atoms with Gasteiger partial charge in [0.25, 0.3) is 5.56 Å². The SMILES string of the molecule is COc1ccc(-c2nn(CC(=O)c3ccccc3)c(=O)c3ccccc23)cc1. The van der Waals surface area contributed by atoms with Crippen molar-refractivity contribution in [3.63, 3.8) is 0 Å². The molecule has 0 bridgehead atoms. The zero-order valence-electron chi connectivity index (χ0n) is 15.3. The summed E-state index contributed by atoms with van der Waals surface area (Å²) in [6, 6.07) is 23.7. The van der Waals surface area contributed by atoms with Crippen molar-refractivity contribution in [2.24, 2.45) is 0 Å². The van der Waals surface area contributed by atoms with Crippen LogP contribution < -0.4 is 10.3 Å². The molecule has 1 heterocycles. The maximum absolute atomic E-state index is 12.9. The van der Waals surface area contributed by atoms with Gasteiger partial charge in [0.15, 0.2) is 5.78 Å². The van der Waals surface area contributed by atoms with Crippen molar-refractivity contribution in [2.45, 2.75) is 6.54 Å². The van der Waals surface area contributed by atoms with Crippen molar-refractivity contribution < 1.29 is 9.53 Å². The van der Waals surface area contributed by atoms with Crippen molar-refractivity contribution in [1.82, 2.24) is 9.78 Å². The first kappa shape index (κ1) is 17.7. The normalized spacial score (nSPS) is 10.8. The second-order valence-electron chi connectivity index (χ2n) is 6.37. The van der Waals surface area contributed by atoms with Gasteiger partial charge in [-0.05, 0) is 30.3 Å². The van der Waals surface area contributed by atoms with Crippen molar-refractivity contribution in [3.8, 4) is 17.0 Å². The Morgan fingerprint density at radius 1 is 0.893 bits per heavy atom. The number of ketones is 1. The molecule has 1 aromatic heterocycles. The van der Waals surface area contributed by atoms with Crippen LogP contribution in [0.3, 0.4) is 0 Å². The minimum Gasteiger partial charge on any atom is -0.497 e. The zero-order valence-corrected chi connectivity index (χ0v) is 15.3. The Balaban J connectivity index is 1.84. The highest BCUT2D eigenvalue weighted by Gasteiger charge is 2.15. The average Bonchev–Trinajstić information content (AvgIpc) is 2.76. The molecule has 5 heteroatoms. The largest absolute Gasteiger partial charge is 0.497 e. The molecule has 138 valence electrons. The molecule has 0 spiro atoms. The van der Waals surface area contributed by atoms with Gasteiger partial charge in [-0.25, -0.2) is 4.68 Å². The van der Waals surface area contributed by atoms with E-state index in [1.54, 1.807) is 37.4 Å². The highest BCUT2D eigenvalue weighted by atomic mass is 16.5. The summed E-state index contributed by atoms with van der Waals surface area (Å²) < 4.78 is 6.46. The second kappa shape index (κ2) is 7.48. The van der Waals surface area contributed by atoms with Gasteiger partial charge in [0, 0.05) is 16.5 Å². The van der Waals surface area contributed by atoms with E-state index in [4.69, 9.17) is 4.74 Å². The van der Waals surface area contributed by atoms with Crippen molar-refractivity contribution in [1.29, 1.82) is 0 Å². The summed E-state index contributed by atoms with van der Waals surface area (Å²) in [7, 11) is 1.61. The van der Waals surface area contributed by atoms with E-state index in [1.807, 2.05) is 48.5 Å². The van der Waals surface area contributed by atoms with Gasteiger partial charge in [-0.1, -0.05) is 48.5 Å². The smallest absolute Gasteiger partial charge is 0.275 e. The van der Waals surface area contributed by atoms with E-state index < -0.39 is 0 Å². The topological polar surface area (TPSA) is 61.2 Å². The number of hydrogen-bond donors (Lipinski definition) is 0. The number of methoxy groups -OCH3 is 1. The molecular formula is C23H18N2O3. The van der Waals surface area contributed by atoms with E-state index in [0.29, 0.717) is 16.6 Å². The second-order valence-corrected chi connectivity index (χ2v) is 6.37. The standard InChI is InChI=1S/C23H18N2O3/c1-28-18-13-11-17(12-14-18)22-19-9-5-6-10-20(19)23(27)25(24-22)15-21(26)16-7-3-2-4-8-16/h2-14H,15H2,1H3. The summed E-state index contributed by atoms with van der Waals surface area (Å²) in [4.78, 5) is 25.5. The van der Waals surface area contributed by atoms with Gasteiger partial charge in [-0.15, -0.1) is 0 Å². The predicted molar refractivity (Wildman–Crippen MR) is 109 cm³/mol. The van der Waals surface area contributed by atoms with E-state index in [-0.39, 0.29) is 17.9 Å². The van der Waals surface area contributed by atoms with Crippen LogP contribution in [-0.2, 0) is 6.54 Å². The summed E-state index contributed by atoms with van der Waals surface area (Å²) in [5.41, 5.74) is 1.77. The third-order valence-corrected chi connectivity index (χ3v) is 4.62. The van der Waals surface area contributed by atoms with Gasteiger partial charge in [0.05, 0.1) is 18.2 Å². The first-order chi connectivity index (χ1) is 13.7. The molecule has 5 nitrogen and oxygen atoms in total. The molecule has 0 radical (unpaired) electrons. The number of Topliss-reactive ketones (excluding diaryl/α,β-unsaturated/α-hetero) is 1. The number of carbonyl (C=O) groups is 1. The summed E-state index contributed by atoms with van der Waals surface area (Å²) in [6.45, 7) is -0.114. The molecule has 0 N–H and O–H groups in total. The third kappa shape index (κ3) is 3.30. The van der Waals surface area contributed by atoms with Crippen molar-refractivity contribution >= 4 is 16.6 Å². The maximum Gasteiger partial charge on any atom is 0.275 e. The Kier molecular flexibility index (Phi) is 4.72. The lowest BCUT2D eigenvalue weighted by Crippen LogP contribution is -2.27. The fraction of sp³-hybridized carbons (Fsp3) is 0.0870. The van der Waals surface area contributed by atoms with Crippen LogP contribution in [0.2, 0.25) is 0 Å². The summed E-state index contributed by atoms with van der Waals surface area (Å²) in [5.74, 6) is 0.576. The molecular weight excluding hydrogens is 352 g/mol. The molecule has 28 heavy (non-hydrogen) atoms. The molecule has 4 rings (SSSR count). The summed E-state index contributed by atoms with van der Waals surface area (Å²) >= 11 is 0. The first-order valence-electron chi connectivity index (χ1n) is 8.90. The summed E-state index contributed by atoms with van der Waals surface area (Å²) in [6.07, 6.45) is 0. The number of nitrogens with zero attached hydrogens (tertiary/aromatic N) is 2. The van der Waals surface area contributed by atoms with Crippen molar-refractivity contribution in [2.75, 3.05) is 7.11 Å². The average molecular weight is 370 g/mol. The number of rotatable bonds is 5. The lowest BCUT2D eigenvalue weighted by Gasteiger charge is -2.11. The molecule has 0 aliphatic carbocycles. The van der Waals surface area contributed by atoms with Crippen molar-refractivity contribution in [3.05, 3.63) is 94.8 Å². The van der Waals surface area contributed by atoms with Gasteiger partial charge in [0.1, 0.15) is 12.3 Å². The minimum atomic E-state index is -0.280. The Morgan fingerprint density at radius 2 is 1.54 bits per heavy atom. The van der Waals surface area contributed by atoms with Gasteiger partial charge < -0.3 is 4.74 Å². The molecule has 0 amide bonds. The molecule has 0 aliphatic rings. The fourth-order valence-electron chi connectivity index (χ4n) is 3.16. The van der Waals surface area contributed by atoms with Gasteiger partial charge in [-0.2, -0.15) is 5.10 Å². The van der Waals surface area contributed by atoms with E-state index in [9.17, 15) is 9.59 Å². The quantitative estimate of drug-likeness (QED) is 0.499. The third-order valence-electron chi connectivity index (χ3n) is 4.62. The van der Waals surface area contributed by atoms with E-state index in [1.165, 1.54) is 4.68 Å². The van der Waals surface area contributed by atoms with Crippen LogP contribution in [0, 0.1) is 0 Å². The lowest BCUT2D eigenvalue weighted by atomic mass is 10.0. The number of carbonyl (C=O) groups excluding carboxylic acids is 1. The van der Waals surface area contributed by atoms with Crippen LogP contribution in [0.1, 0.15) is 10.4 Å². The van der Waals surface area contributed by atoms with Crippen LogP contribution in [0.5, 0.6) is 5.75 Å². The Bertz CT molecular complexity index is 1200. The van der Waals surface area contributed by atoms with E-state index >= 15 is 0 Å². The minimum absolute atomic E-state index is 0.114. The number of ether oxygens (including phenoxy) is 1. The molecule has 0 saturated carbocycles. The molecule has 0 saturated heterocycles. The monoisotopic (exact) mass is 370 g/mol. The van der Waals surface area contributed by atoms with Crippen LogP contribution in [0.25, 0.3) is 22.0 Å². The molecule has 0 unspecified atom stereocenters. The van der Waals surface area contributed by atoms with Crippen LogP contribution >= 0.6 is 0 Å². The number of fused-ring (bicyclic) bond motifs is 1.